The molecule has 0 spiro atoms. The van der Waals surface area contributed by atoms with Gasteiger partial charge in [-0.3, -0.25) is 0 Å². The zero-order valence-electron chi connectivity index (χ0n) is 10.2. The van der Waals surface area contributed by atoms with Gasteiger partial charge in [-0.05, 0) is 31.0 Å². The van der Waals surface area contributed by atoms with E-state index in [1.165, 1.54) is 5.56 Å². The molecule has 1 aromatic rings. The average Bonchev–Trinajstić information content (AvgIpc) is 2.34. The van der Waals surface area contributed by atoms with Crippen molar-refractivity contribution in [3.8, 4) is 5.75 Å². The highest BCUT2D eigenvalue weighted by Gasteiger charge is 2.17. The summed E-state index contributed by atoms with van der Waals surface area (Å²) < 4.78 is 10.4. The summed E-state index contributed by atoms with van der Waals surface area (Å²) in [6.45, 7) is 4.21. The number of carbonyl (C=O) groups is 1. The van der Waals surface area contributed by atoms with Gasteiger partial charge in [-0.2, -0.15) is 0 Å². The van der Waals surface area contributed by atoms with Gasteiger partial charge >= 0.3 is 5.97 Å². The molecule has 1 unspecified atom stereocenters. The van der Waals surface area contributed by atoms with Gasteiger partial charge < -0.3 is 14.6 Å². The summed E-state index contributed by atoms with van der Waals surface area (Å²) in [4.78, 5) is 10.8. The van der Waals surface area contributed by atoms with Gasteiger partial charge in [0.25, 0.3) is 0 Å². The highest BCUT2D eigenvalue weighted by atomic mass is 16.5. The Bertz CT molecular complexity index is 345. The van der Waals surface area contributed by atoms with E-state index in [2.05, 4.69) is 6.92 Å². The number of benzene rings is 1. The Hall–Kier alpha value is -1.55. The van der Waals surface area contributed by atoms with E-state index in [4.69, 9.17) is 14.6 Å². The molecule has 4 heteroatoms. The number of hydrogen-bond donors (Lipinski definition) is 1. The quantitative estimate of drug-likeness (QED) is 0.790. The van der Waals surface area contributed by atoms with Crippen molar-refractivity contribution in [2.24, 2.45) is 0 Å². The van der Waals surface area contributed by atoms with E-state index in [0.717, 1.165) is 6.42 Å². The molecule has 0 radical (unpaired) electrons. The van der Waals surface area contributed by atoms with Gasteiger partial charge in [0.05, 0.1) is 0 Å². The molecule has 0 aliphatic heterocycles. The van der Waals surface area contributed by atoms with Crippen LogP contribution >= 0.6 is 0 Å². The second kappa shape index (κ2) is 6.91. The second-order valence-electron chi connectivity index (χ2n) is 3.59. The molecule has 0 bridgehead atoms. The average molecular weight is 238 g/mol. The molecule has 0 aromatic heterocycles. The van der Waals surface area contributed by atoms with Crippen LogP contribution in [0.15, 0.2) is 24.3 Å². The molecule has 1 N–H and O–H groups in total. The van der Waals surface area contributed by atoms with Crippen LogP contribution in [-0.4, -0.2) is 30.4 Å². The number of carboxylic acid groups (broad SMARTS) is 1. The standard InChI is InChI=1S/C13H18O4/c1-3-10-5-7-11(8-6-10)17-9-12(13(14)15)16-4-2/h5-8,12H,3-4,9H2,1-2H3,(H,14,15). The first-order valence-corrected chi connectivity index (χ1v) is 5.73. The minimum Gasteiger partial charge on any atom is -0.490 e. The summed E-state index contributed by atoms with van der Waals surface area (Å²) in [6, 6.07) is 7.60. The summed E-state index contributed by atoms with van der Waals surface area (Å²) in [5.74, 6) is -0.342. The van der Waals surface area contributed by atoms with Gasteiger partial charge in [0.1, 0.15) is 12.4 Å². The van der Waals surface area contributed by atoms with Crippen LogP contribution in [-0.2, 0) is 16.0 Å². The first-order valence-electron chi connectivity index (χ1n) is 5.73. The van der Waals surface area contributed by atoms with Crippen molar-refractivity contribution in [3.05, 3.63) is 29.8 Å². The van der Waals surface area contributed by atoms with Gasteiger partial charge in [-0.25, -0.2) is 4.79 Å². The number of aliphatic carboxylic acids is 1. The lowest BCUT2D eigenvalue weighted by Gasteiger charge is -2.13. The highest BCUT2D eigenvalue weighted by Crippen LogP contribution is 2.13. The second-order valence-corrected chi connectivity index (χ2v) is 3.59. The molecule has 0 fully saturated rings. The fourth-order valence-corrected chi connectivity index (χ4v) is 1.39. The molecule has 1 rings (SSSR count). The zero-order chi connectivity index (χ0) is 12.7. The molecule has 17 heavy (non-hydrogen) atoms. The largest absolute Gasteiger partial charge is 0.490 e. The van der Waals surface area contributed by atoms with Crippen LogP contribution < -0.4 is 4.74 Å². The molecular weight excluding hydrogens is 220 g/mol. The Labute approximate surface area is 101 Å². The number of hydrogen-bond acceptors (Lipinski definition) is 3. The van der Waals surface area contributed by atoms with Crippen LogP contribution in [0.25, 0.3) is 0 Å². The van der Waals surface area contributed by atoms with Gasteiger partial charge in [0, 0.05) is 6.61 Å². The lowest BCUT2D eigenvalue weighted by atomic mass is 10.2. The topological polar surface area (TPSA) is 55.8 Å². The summed E-state index contributed by atoms with van der Waals surface area (Å²) in [6.07, 6.45) is 0.0580. The summed E-state index contributed by atoms with van der Waals surface area (Å²) in [7, 11) is 0. The van der Waals surface area contributed by atoms with Gasteiger partial charge in [-0.1, -0.05) is 19.1 Å². The van der Waals surface area contributed by atoms with Gasteiger partial charge in [-0.15, -0.1) is 0 Å². The SMILES string of the molecule is CCOC(COc1ccc(CC)cc1)C(=O)O. The third kappa shape index (κ3) is 4.44. The molecule has 0 amide bonds. The van der Waals surface area contributed by atoms with E-state index in [1.807, 2.05) is 24.3 Å². The Kier molecular flexibility index (Phi) is 5.49. The third-order valence-corrected chi connectivity index (χ3v) is 2.38. The zero-order valence-corrected chi connectivity index (χ0v) is 10.2. The van der Waals surface area contributed by atoms with Gasteiger partial charge in [0.15, 0.2) is 6.10 Å². The van der Waals surface area contributed by atoms with E-state index in [9.17, 15) is 4.79 Å². The Morgan fingerprint density at radius 3 is 2.41 bits per heavy atom. The van der Waals surface area contributed by atoms with Crippen molar-refractivity contribution in [1.29, 1.82) is 0 Å². The number of ether oxygens (including phenoxy) is 2. The molecule has 1 atom stereocenters. The Morgan fingerprint density at radius 1 is 1.29 bits per heavy atom. The fraction of sp³-hybridized carbons (Fsp3) is 0.462. The molecule has 0 aliphatic rings. The van der Waals surface area contributed by atoms with Crippen LogP contribution in [0.3, 0.4) is 0 Å². The maximum Gasteiger partial charge on any atom is 0.336 e. The highest BCUT2D eigenvalue weighted by molar-refractivity contribution is 5.72. The number of rotatable bonds is 7. The van der Waals surface area contributed by atoms with Crippen molar-refractivity contribution >= 4 is 5.97 Å². The van der Waals surface area contributed by atoms with Crippen LogP contribution in [0.5, 0.6) is 5.75 Å². The molecule has 1 aromatic carbocycles. The first kappa shape index (κ1) is 13.5. The van der Waals surface area contributed by atoms with Crippen molar-refractivity contribution in [1.82, 2.24) is 0 Å². The monoisotopic (exact) mass is 238 g/mol. The van der Waals surface area contributed by atoms with E-state index in [1.54, 1.807) is 6.92 Å². The van der Waals surface area contributed by atoms with E-state index < -0.39 is 12.1 Å². The predicted molar refractivity (Wildman–Crippen MR) is 64.4 cm³/mol. The van der Waals surface area contributed by atoms with E-state index in [0.29, 0.717) is 12.4 Å². The summed E-state index contributed by atoms with van der Waals surface area (Å²) in [5.41, 5.74) is 1.22. The van der Waals surface area contributed by atoms with E-state index in [-0.39, 0.29) is 6.61 Å². The van der Waals surface area contributed by atoms with Crippen molar-refractivity contribution in [2.75, 3.05) is 13.2 Å². The minimum atomic E-state index is -1.00. The summed E-state index contributed by atoms with van der Waals surface area (Å²) >= 11 is 0. The lowest BCUT2D eigenvalue weighted by Crippen LogP contribution is -2.30. The van der Waals surface area contributed by atoms with Crippen LogP contribution in [0.2, 0.25) is 0 Å². The van der Waals surface area contributed by atoms with Crippen LogP contribution in [0.4, 0.5) is 0 Å². The molecule has 4 nitrogen and oxygen atoms in total. The molecular formula is C13H18O4. The molecule has 94 valence electrons. The summed E-state index contributed by atoms with van der Waals surface area (Å²) in [5, 5.41) is 8.86. The Balaban J connectivity index is 2.50. The maximum atomic E-state index is 10.8. The minimum absolute atomic E-state index is 0.0225. The molecule has 0 saturated carbocycles. The lowest BCUT2D eigenvalue weighted by molar-refractivity contribution is -0.152. The Morgan fingerprint density at radius 2 is 1.94 bits per heavy atom. The van der Waals surface area contributed by atoms with Crippen LogP contribution in [0, 0.1) is 0 Å². The fourth-order valence-electron chi connectivity index (χ4n) is 1.39. The predicted octanol–water partition coefficient (Wildman–Crippen LogP) is 2.12. The smallest absolute Gasteiger partial charge is 0.336 e. The number of carboxylic acids is 1. The van der Waals surface area contributed by atoms with Crippen molar-refractivity contribution < 1.29 is 19.4 Å². The maximum absolute atomic E-state index is 10.8. The molecule has 0 saturated heterocycles. The third-order valence-electron chi connectivity index (χ3n) is 2.38. The van der Waals surface area contributed by atoms with Crippen molar-refractivity contribution in [2.45, 2.75) is 26.4 Å². The molecule has 0 aliphatic carbocycles. The van der Waals surface area contributed by atoms with Crippen LogP contribution in [0.1, 0.15) is 19.4 Å². The normalized spacial score (nSPS) is 12.1. The number of aryl methyl sites for hydroxylation is 1. The van der Waals surface area contributed by atoms with Crippen molar-refractivity contribution in [3.63, 3.8) is 0 Å². The van der Waals surface area contributed by atoms with E-state index >= 15 is 0 Å². The first-order chi connectivity index (χ1) is 8.17. The van der Waals surface area contributed by atoms with Gasteiger partial charge in [0.2, 0.25) is 0 Å². The molecule has 0 heterocycles.